The summed E-state index contributed by atoms with van der Waals surface area (Å²) in [7, 11) is 1.60. The van der Waals surface area contributed by atoms with Gasteiger partial charge in [0.25, 0.3) is 5.91 Å². The molecule has 2 aromatic heterocycles. The van der Waals surface area contributed by atoms with Crippen LogP contribution < -0.4 is 14.8 Å². The van der Waals surface area contributed by atoms with E-state index in [1.54, 1.807) is 42.1 Å². The van der Waals surface area contributed by atoms with Crippen LogP contribution in [0.15, 0.2) is 54.9 Å². The summed E-state index contributed by atoms with van der Waals surface area (Å²) in [4.78, 5) is 11.9. The van der Waals surface area contributed by atoms with Crippen molar-refractivity contribution in [1.82, 2.24) is 14.9 Å². The normalized spacial score (nSPS) is 10.5. The van der Waals surface area contributed by atoms with Crippen LogP contribution in [0.5, 0.6) is 11.5 Å². The number of hydrogen-bond acceptors (Lipinski definition) is 4. The maximum Gasteiger partial charge on any atom is 0.258 e. The number of hydrogen-bond donors (Lipinski definition) is 1. The molecule has 2 heterocycles. The van der Waals surface area contributed by atoms with Gasteiger partial charge < -0.3 is 14.8 Å². The molecule has 0 atom stereocenters. The summed E-state index contributed by atoms with van der Waals surface area (Å²) in [5, 5.41) is 7.06. The zero-order valence-electron chi connectivity index (χ0n) is 12.7. The van der Waals surface area contributed by atoms with E-state index in [2.05, 4.69) is 10.4 Å². The van der Waals surface area contributed by atoms with Crippen molar-refractivity contribution in [3.8, 4) is 11.5 Å². The van der Waals surface area contributed by atoms with E-state index in [1.807, 2.05) is 24.4 Å². The molecule has 0 spiro atoms. The molecule has 1 aromatic carbocycles. The van der Waals surface area contributed by atoms with E-state index in [0.717, 1.165) is 16.8 Å². The monoisotopic (exact) mass is 311 g/mol. The van der Waals surface area contributed by atoms with E-state index >= 15 is 0 Å². The molecule has 1 N–H and O–H groups in total. The number of pyridine rings is 1. The maximum atomic E-state index is 11.9. The molecule has 118 valence electrons. The molecule has 0 radical (unpaired) electrons. The van der Waals surface area contributed by atoms with Crippen LogP contribution in [-0.4, -0.2) is 29.2 Å². The number of amides is 1. The van der Waals surface area contributed by atoms with E-state index in [0.29, 0.717) is 12.3 Å². The van der Waals surface area contributed by atoms with Crippen molar-refractivity contribution in [2.75, 3.05) is 13.7 Å². The van der Waals surface area contributed by atoms with Gasteiger partial charge in [-0.15, -0.1) is 0 Å². The second-order valence-electron chi connectivity index (χ2n) is 4.94. The molecule has 6 nitrogen and oxygen atoms in total. The largest absolute Gasteiger partial charge is 0.497 e. The van der Waals surface area contributed by atoms with Gasteiger partial charge in [0.15, 0.2) is 6.61 Å². The predicted molar refractivity (Wildman–Crippen MR) is 85.5 cm³/mol. The van der Waals surface area contributed by atoms with Crippen molar-refractivity contribution in [2.45, 2.75) is 6.54 Å². The topological polar surface area (TPSA) is 64.9 Å². The summed E-state index contributed by atoms with van der Waals surface area (Å²) in [5.41, 5.74) is 1.94. The van der Waals surface area contributed by atoms with Crippen molar-refractivity contribution in [3.63, 3.8) is 0 Å². The molecule has 3 aromatic rings. The molecular weight excluding hydrogens is 294 g/mol. The first-order chi connectivity index (χ1) is 11.3. The van der Waals surface area contributed by atoms with Gasteiger partial charge in [-0.3, -0.25) is 4.79 Å². The number of carbonyl (C=O) groups excluding carboxylic acids is 1. The van der Waals surface area contributed by atoms with Crippen LogP contribution in [0.4, 0.5) is 0 Å². The maximum absolute atomic E-state index is 11.9. The van der Waals surface area contributed by atoms with Crippen LogP contribution in [-0.2, 0) is 11.3 Å². The third-order valence-electron chi connectivity index (χ3n) is 3.41. The average molecular weight is 311 g/mol. The Balaban J connectivity index is 1.51. The van der Waals surface area contributed by atoms with E-state index in [9.17, 15) is 4.79 Å². The van der Waals surface area contributed by atoms with E-state index < -0.39 is 0 Å². The lowest BCUT2D eigenvalue weighted by Crippen LogP contribution is -2.28. The Morgan fingerprint density at radius 2 is 1.96 bits per heavy atom. The van der Waals surface area contributed by atoms with Crippen LogP contribution >= 0.6 is 0 Å². The van der Waals surface area contributed by atoms with E-state index in [1.165, 1.54) is 0 Å². The minimum Gasteiger partial charge on any atom is -0.497 e. The van der Waals surface area contributed by atoms with Gasteiger partial charge >= 0.3 is 0 Å². The van der Waals surface area contributed by atoms with Crippen molar-refractivity contribution in [1.29, 1.82) is 0 Å². The van der Waals surface area contributed by atoms with Gasteiger partial charge in [-0.1, -0.05) is 6.07 Å². The Labute approximate surface area is 133 Å². The lowest BCUT2D eigenvalue weighted by atomic mass is 10.2. The fourth-order valence-electron chi connectivity index (χ4n) is 2.19. The van der Waals surface area contributed by atoms with Crippen LogP contribution in [0, 0.1) is 0 Å². The summed E-state index contributed by atoms with van der Waals surface area (Å²) in [5.74, 6) is 1.18. The second kappa shape index (κ2) is 6.83. The standard InChI is InChI=1S/C17H17N3O3/c1-22-14-5-7-15(8-6-14)23-12-17(21)18-10-13-11-19-20-9-3-2-4-16(13)20/h2-9,11H,10,12H2,1H3,(H,18,21). The molecule has 0 aliphatic heterocycles. The quantitative estimate of drug-likeness (QED) is 0.756. The molecule has 6 heteroatoms. The Morgan fingerprint density at radius 1 is 1.17 bits per heavy atom. The number of carbonyl (C=O) groups is 1. The van der Waals surface area contributed by atoms with Crippen molar-refractivity contribution in [2.24, 2.45) is 0 Å². The number of nitrogens with zero attached hydrogens (tertiary/aromatic N) is 2. The first-order valence-corrected chi connectivity index (χ1v) is 7.21. The van der Waals surface area contributed by atoms with E-state index in [-0.39, 0.29) is 12.5 Å². The highest BCUT2D eigenvalue weighted by Gasteiger charge is 2.06. The highest BCUT2D eigenvalue weighted by molar-refractivity contribution is 5.77. The Morgan fingerprint density at radius 3 is 2.74 bits per heavy atom. The van der Waals surface area contributed by atoms with Gasteiger partial charge in [0.05, 0.1) is 18.8 Å². The van der Waals surface area contributed by atoms with Gasteiger partial charge in [0.1, 0.15) is 11.5 Å². The van der Waals surface area contributed by atoms with Crippen molar-refractivity contribution >= 4 is 11.4 Å². The van der Waals surface area contributed by atoms with Gasteiger partial charge in [-0.2, -0.15) is 5.10 Å². The van der Waals surface area contributed by atoms with Gasteiger partial charge in [-0.25, -0.2) is 4.52 Å². The number of fused-ring (bicyclic) bond motifs is 1. The van der Waals surface area contributed by atoms with E-state index in [4.69, 9.17) is 9.47 Å². The fraction of sp³-hybridized carbons (Fsp3) is 0.176. The number of rotatable bonds is 6. The van der Waals surface area contributed by atoms with Gasteiger partial charge in [-0.05, 0) is 36.4 Å². The minimum absolute atomic E-state index is 0.0362. The number of aromatic nitrogens is 2. The predicted octanol–water partition coefficient (Wildman–Crippen LogP) is 2.04. The number of ether oxygens (including phenoxy) is 2. The Hall–Kier alpha value is -3.02. The van der Waals surface area contributed by atoms with Crippen molar-refractivity contribution in [3.05, 3.63) is 60.4 Å². The lowest BCUT2D eigenvalue weighted by molar-refractivity contribution is -0.123. The molecular formula is C17H17N3O3. The number of methoxy groups -OCH3 is 1. The third-order valence-corrected chi connectivity index (χ3v) is 3.41. The molecule has 0 aliphatic rings. The molecule has 1 amide bonds. The van der Waals surface area contributed by atoms with Gasteiger partial charge in [0, 0.05) is 18.3 Å². The highest BCUT2D eigenvalue weighted by atomic mass is 16.5. The zero-order chi connectivity index (χ0) is 16.1. The Bertz CT molecular complexity index is 796. The number of nitrogens with one attached hydrogen (secondary N) is 1. The zero-order valence-corrected chi connectivity index (χ0v) is 12.7. The van der Waals surface area contributed by atoms with Crippen LogP contribution in [0.25, 0.3) is 5.52 Å². The number of benzene rings is 1. The fourth-order valence-corrected chi connectivity index (χ4v) is 2.19. The highest BCUT2D eigenvalue weighted by Crippen LogP contribution is 2.16. The van der Waals surface area contributed by atoms with Gasteiger partial charge in [0.2, 0.25) is 0 Å². The average Bonchev–Trinajstić information content (AvgIpc) is 3.02. The smallest absolute Gasteiger partial charge is 0.258 e. The first-order valence-electron chi connectivity index (χ1n) is 7.21. The van der Waals surface area contributed by atoms with Crippen LogP contribution in [0.3, 0.4) is 0 Å². The van der Waals surface area contributed by atoms with Crippen LogP contribution in [0.2, 0.25) is 0 Å². The van der Waals surface area contributed by atoms with Crippen LogP contribution in [0.1, 0.15) is 5.56 Å². The molecule has 0 fully saturated rings. The van der Waals surface area contributed by atoms with Crippen molar-refractivity contribution < 1.29 is 14.3 Å². The SMILES string of the molecule is COc1ccc(OCC(=O)NCc2cnn3ccccc23)cc1. The molecule has 23 heavy (non-hydrogen) atoms. The third kappa shape index (κ3) is 3.60. The molecule has 3 rings (SSSR count). The summed E-state index contributed by atoms with van der Waals surface area (Å²) in [6.07, 6.45) is 3.62. The molecule has 0 aliphatic carbocycles. The summed E-state index contributed by atoms with van der Waals surface area (Å²) >= 11 is 0. The molecule has 0 saturated carbocycles. The summed E-state index contributed by atoms with van der Waals surface area (Å²) < 4.78 is 12.3. The lowest BCUT2D eigenvalue weighted by Gasteiger charge is -2.07. The molecule has 0 saturated heterocycles. The molecule has 0 bridgehead atoms. The second-order valence-corrected chi connectivity index (χ2v) is 4.94. The summed E-state index contributed by atoms with van der Waals surface area (Å²) in [6, 6.07) is 12.9. The Kier molecular flexibility index (Phi) is 4.42. The first kappa shape index (κ1) is 14.9. The summed E-state index contributed by atoms with van der Waals surface area (Å²) in [6.45, 7) is 0.379. The molecule has 0 unspecified atom stereocenters. The minimum atomic E-state index is -0.184.